The molecule has 0 saturated heterocycles. The molecule has 8 heteroatoms. The van der Waals surface area contributed by atoms with Gasteiger partial charge in [-0.15, -0.1) is 0 Å². The average Bonchev–Trinajstić information content (AvgIpc) is 3.31. The van der Waals surface area contributed by atoms with Gasteiger partial charge in [0.15, 0.2) is 0 Å². The van der Waals surface area contributed by atoms with Gasteiger partial charge in [0, 0.05) is 11.1 Å². The van der Waals surface area contributed by atoms with Crippen molar-refractivity contribution in [3.63, 3.8) is 0 Å². The minimum atomic E-state index is -0.439. The number of rotatable bonds is 7. The van der Waals surface area contributed by atoms with Crippen LogP contribution >= 0.6 is 23.2 Å². The molecule has 0 radical (unpaired) electrons. The Bertz CT molecular complexity index is 1220. The summed E-state index contributed by atoms with van der Waals surface area (Å²) in [7, 11) is 0. The van der Waals surface area contributed by atoms with Crippen molar-refractivity contribution in [2.45, 2.75) is 6.61 Å². The van der Waals surface area contributed by atoms with Gasteiger partial charge in [-0.05, 0) is 48.0 Å². The van der Waals surface area contributed by atoms with Crippen molar-refractivity contribution < 1.29 is 9.53 Å². The third kappa shape index (κ3) is 5.35. The number of H-pyrrole nitrogens is 1. The zero-order valence-corrected chi connectivity index (χ0v) is 18.3. The molecule has 0 aliphatic rings. The molecule has 160 valence electrons. The lowest BCUT2D eigenvalue weighted by Crippen LogP contribution is -2.18. The second-order valence-corrected chi connectivity index (χ2v) is 7.61. The van der Waals surface area contributed by atoms with E-state index in [0.29, 0.717) is 27.9 Å². The number of ether oxygens (including phenoxy) is 1. The van der Waals surface area contributed by atoms with Crippen molar-refractivity contribution in [3.8, 4) is 17.0 Å². The van der Waals surface area contributed by atoms with Gasteiger partial charge in [-0.1, -0.05) is 59.6 Å². The van der Waals surface area contributed by atoms with Crippen LogP contribution in [0.4, 0.5) is 0 Å². The fraction of sp³-hybridized carbons (Fsp3) is 0.0417. The smallest absolute Gasteiger partial charge is 0.289 e. The Morgan fingerprint density at radius 3 is 2.44 bits per heavy atom. The Hall–Kier alpha value is -3.61. The van der Waals surface area contributed by atoms with Gasteiger partial charge in [0.1, 0.15) is 18.1 Å². The van der Waals surface area contributed by atoms with E-state index in [9.17, 15) is 4.79 Å². The fourth-order valence-electron chi connectivity index (χ4n) is 2.90. The number of aromatic amines is 1. The van der Waals surface area contributed by atoms with Crippen molar-refractivity contribution in [2.24, 2.45) is 5.10 Å². The Labute approximate surface area is 194 Å². The maximum atomic E-state index is 12.3. The zero-order chi connectivity index (χ0) is 22.3. The van der Waals surface area contributed by atoms with Gasteiger partial charge >= 0.3 is 0 Å². The summed E-state index contributed by atoms with van der Waals surface area (Å²) in [6, 6.07) is 24.2. The highest BCUT2D eigenvalue weighted by atomic mass is 35.5. The van der Waals surface area contributed by atoms with Crippen LogP contribution in [0.15, 0.2) is 84.0 Å². The summed E-state index contributed by atoms with van der Waals surface area (Å²) in [5, 5.41) is 11.7. The molecule has 4 rings (SSSR count). The van der Waals surface area contributed by atoms with Crippen LogP contribution in [-0.2, 0) is 6.61 Å². The first-order valence-corrected chi connectivity index (χ1v) is 10.5. The van der Waals surface area contributed by atoms with E-state index in [1.54, 1.807) is 24.3 Å². The normalized spacial score (nSPS) is 10.9. The minimum Gasteiger partial charge on any atom is -0.489 e. The van der Waals surface area contributed by atoms with Gasteiger partial charge in [-0.2, -0.15) is 10.2 Å². The summed E-state index contributed by atoms with van der Waals surface area (Å²) < 4.78 is 5.80. The molecule has 0 atom stereocenters. The summed E-state index contributed by atoms with van der Waals surface area (Å²) in [5.41, 5.74) is 5.79. The summed E-state index contributed by atoms with van der Waals surface area (Å²) in [6.07, 6.45) is 1.40. The van der Waals surface area contributed by atoms with Gasteiger partial charge in [0.05, 0.1) is 22.0 Å². The number of carbonyl (C=O) groups is 1. The van der Waals surface area contributed by atoms with Crippen LogP contribution in [0.3, 0.4) is 0 Å². The maximum absolute atomic E-state index is 12.3. The fourth-order valence-corrected chi connectivity index (χ4v) is 3.39. The molecular formula is C24H18Cl2N4O2. The van der Waals surface area contributed by atoms with Gasteiger partial charge in [0.2, 0.25) is 0 Å². The predicted molar refractivity (Wildman–Crippen MR) is 126 cm³/mol. The molecule has 0 spiro atoms. The van der Waals surface area contributed by atoms with Crippen LogP contribution < -0.4 is 10.2 Å². The molecule has 1 amide bonds. The van der Waals surface area contributed by atoms with E-state index in [-0.39, 0.29) is 5.69 Å². The van der Waals surface area contributed by atoms with E-state index in [1.165, 1.54) is 6.21 Å². The second kappa shape index (κ2) is 10.1. The molecule has 0 saturated carbocycles. The largest absolute Gasteiger partial charge is 0.489 e. The van der Waals surface area contributed by atoms with Crippen molar-refractivity contribution in [3.05, 3.63) is 106 Å². The van der Waals surface area contributed by atoms with Crippen molar-refractivity contribution in [1.29, 1.82) is 0 Å². The predicted octanol–water partition coefficient (Wildman–Crippen LogP) is 5.73. The lowest BCUT2D eigenvalue weighted by Gasteiger charge is -2.06. The SMILES string of the molecule is O=C(NN=Cc1c(Cl)cccc1Cl)c1cc(-c2ccc(OCc3ccccc3)cc2)n[nH]1. The molecule has 4 aromatic rings. The first kappa shape index (κ1) is 21.6. The topological polar surface area (TPSA) is 79.4 Å². The molecule has 6 nitrogen and oxygen atoms in total. The summed E-state index contributed by atoms with van der Waals surface area (Å²) in [5.74, 6) is 0.310. The van der Waals surface area contributed by atoms with Crippen molar-refractivity contribution in [2.75, 3.05) is 0 Å². The van der Waals surface area contributed by atoms with Crippen LogP contribution in [0.5, 0.6) is 5.75 Å². The Kier molecular flexibility index (Phi) is 6.84. The number of amides is 1. The maximum Gasteiger partial charge on any atom is 0.289 e. The molecule has 0 aliphatic heterocycles. The van der Waals surface area contributed by atoms with Gasteiger partial charge in [-0.25, -0.2) is 5.43 Å². The first-order chi connectivity index (χ1) is 15.6. The van der Waals surface area contributed by atoms with Gasteiger partial charge in [0.25, 0.3) is 5.91 Å². The third-order valence-electron chi connectivity index (χ3n) is 4.58. The Morgan fingerprint density at radius 2 is 1.72 bits per heavy atom. The molecule has 0 fully saturated rings. The molecule has 32 heavy (non-hydrogen) atoms. The monoisotopic (exact) mass is 464 g/mol. The standard InChI is InChI=1S/C24H18Cl2N4O2/c25-20-7-4-8-21(26)19(20)14-27-30-24(31)23-13-22(28-29-23)17-9-11-18(12-10-17)32-15-16-5-2-1-3-6-16/h1-14H,15H2,(H,28,29)(H,30,31). The van der Waals surface area contributed by atoms with E-state index in [2.05, 4.69) is 20.7 Å². The zero-order valence-electron chi connectivity index (χ0n) is 16.8. The number of hydrazone groups is 1. The van der Waals surface area contributed by atoms with Gasteiger partial charge in [-0.3, -0.25) is 9.89 Å². The van der Waals surface area contributed by atoms with E-state index in [0.717, 1.165) is 16.9 Å². The van der Waals surface area contributed by atoms with E-state index in [4.69, 9.17) is 27.9 Å². The molecule has 0 bridgehead atoms. The molecule has 1 heterocycles. The van der Waals surface area contributed by atoms with Gasteiger partial charge < -0.3 is 4.74 Å². The summed E-state index contributed by atoms with van der Waals surface area (Å²) in [6.45, 7) is 0.493. The van der Waals surface area contributed by atoms with Crippen molar-refractivity contribution in [1.82, 2.24) is 15.6 Å². The highest BCUT2D eigenvalue weighted by Gasteiger charge is 2.11. The van der Waals surface area contributed by atoms with Crippen molar-refractivity contribution >= 4 is 35.3 Å². The Morgan fingerprint density at radius 1 is 1.00 bits per heavy atom. The lowest BCUT2D eigenvalue weighted by molar-refractivity contribution is 0.0950. The van der Waals surface area contributed by atoms with Crippen LogP contribution in [0.2, 0.25) is 10.0 Å². The number of hydrogen-bond acceptors (Lipinski definition) is 4. The van der Waals surface area contributed by atoms with Crippen LogP contribution in [-0.4, -0.2) is 22.3 Å². The number of benzene rings is 3. The number of hydrogen-bond donors (Lipinski definition) is 2. The number of nitrogens with one attached hydrogen (secondary N) is 2. The Balaban J connectivity index is 1.36. The molecule has 0 unspecified atom stereocenters. The van der Waals surface area contributed by atoms with E-state index in [1.807, 2.05) is 54.6 Å². The number of nitrogens with zero attached hydrogens (tertiary/aromatic N) is 2. The van der Waals surface area contributed by atoms with Crippen LogP contribution in [0, 0.1) is 0 Å². The molecule has 0 aliphatic carbocycles. The number of carbonyl (C=O) groups excluding carboxylic acids is 1. The number of aromatic nitrogens is 2. The third-order valence-corrected chi connectivity index (χ3v) is 5.24. The lowest BCUT2D eigenvalue weighted by atomic mass is 10.1. The highest BCUT2D eigenvalue weighted by Crippen LogP contribution is 2.23. The second-order valence-electron chi connectivity index (χ2n) is 6.80. The minimum absolute atomic E-state index is 0.270. The average molecular weight is 465 g/mol. The molecule has 3 aromatic carbocycles. The highest BCUT2D eigenvalue weighted by molar-refractivity contribution is 6.38. The molecule has 2 N–H and O–H groups in total. The van der Waals surface area contributed by atoms with E-state index >= 15 is 0 Å². The van der Waals surface area contributed by atoms with Crippen LogP contribution in [0.25, 0.3) is 11.3 Å². The quantitative estimate of drug-likeness (QED) is 0.270. The van der Waals surface area contributed by atoms with Crippen LogP contribution in [0.1, 0.15) is 21.6 Å². The van der Waals surface area contributed by atoms with E-state index < -0.39 is 5.91 Å². The summed E-state index contributed by atoms with van der Waals surface area (Å²) in [4.78, 5) is 12.3. The molecule has 1 aromatic heterocycles. The molecular weight excluding hydrogens is 447 g/mol. The number of halogens is 2. The first-order valence-electron chi connectivity index (χ1n) is 9.70. The summed E-state index contributed by atoms with van der Waals surface area (Å²) >= 11 is 12.2.